The molecule has 59 heavy (non-hydrogen) atoms. The lowest BCUT2D eigenvalue weighted by Crippen LogP contribution is -2.49. The van der Waals surface area contributed by atoms with E-state index >= 15 is 0 Å². The van der Waals surface area contributed by atoms with Gasteiger partial charge in [0, 0.05) is 43.7 Å². The molecule has 3 aromatic carbocycles. The average molecular weight is 798 g/mol. The van der Waals surface area contributed by atoms with Crippen molar-refractivity contribution in [3.8, 4) is 33.6 Å². The first-order valence-electron chi connectivity index (χ1n) is 19.9. The van der Waals surface area contributed by atoms with Crippen LogP contribution in [0, 0.1) is 0 Å². The summed E-state index contributed by atoms with van der Waals surface area (Å²) in [6.45, 7) is 2.71. The van der Waals surface area contributed by atoms with Crippen molar-refractivity contribution in [2.75, 3.05) is 27.2 Å². The van der Waals surface area contributed by atoms with Gasteiger partial charge in [0.05, 0.1) is 43.0 Å². The minimum atomic E-state index is -1.14. The number of H-pyrrole nitrogens is 3. The van der Waals surface area contributed by atoms with Gasteiger partial charge in [-0.15, -0.1) is 0 Å². The lowest BCUT2D eigenvalue weighted by Gasteiger charge is -2.29. The summed E-state index contributed by atoms with van der Waals surface area (Å²) in [5.41, 5.74) is 7.55. The van der Waals surface area contributed by atoms with Gasteiger partial charge in [-0.2, -0.15) is 0 Å². The summed E-state index contributed by atoms with van der Waals surface area (Å²) >= 11 is 0. The summed E-state index contributed by atoms with van der Waals surface area (Å²) in [7, 11) is 2.70. The SMILES string of the molecule is COC(=O)N[C@@H](Cc1c[nH]c2ccccc12)C(=O)N1CCC[C@H]1c1ncc(-c2ccc(-c3ccc(-c4cnc([C@@H]5CCCN5C(=O)[C@H](C)N(C)C(=O)O)[nH]4)cc3)cc2)[nH]1. The molecule has 5 heterocycles. The van der Waals surface area contributed by atoms with Crippen molar-refractivity contribution >= 4 is 34.9 Å². The number of carboxylic acid groups (broad SMARTS) is 1. The highest BCUT2D eigenvalue weighted by molar-refractivity contribution is 5.89. The second-order valence-corrected chi connectivity index (χ2v) is 15.2. The number of methoxy groups -OCH3 is 1. The molecule has 15 nitrogen and oxygen atoms in total. The van der Waals surface area contributed by atoms with Gasteiger partial charge in [0.15, 0.2) is 0 Å². The van der Waals surface area contributed by atoms with Gasteiger partial charge in [0.25, 0.3) is 0 Å². The molecule has 0 unspecified atom stereocenters. The molecule has 2 saturated heterocycles. The molecule has 2 fully saturated rings. The maximum atomic E-state index is 14.1. The highest BCUT2D eigenvalue weighted by atomic mass is 16.5. The number of aromatic amines is 3. The van der Waals surface area contributed by atoms with Crippen molar-refractivity contribution in [3.63, 3.8) is 0 Å². The van der Waals surface area contributed by atoms with Gasteiger partial charge in [0.2, 0.25) is 11.8 Å². The molecule has 0 aliphatic carbocycles. The van der Waals surface area contributed by atoms with Crippen LogP contribution in [0.15, 0.2) is 91.4 Å². The molecular weight excluding hydrogens is 751 g/mol. The van der Waals surface area contributed by atoms with E-state index in [0.29, 0.717) is 31.2 Å². The molecule has 15 heteroatoms. The third kappa shape index (κ3) is 7.87. The van der Waals surface area contributed by atoms with E-state index in [2.05, 4.69) is 49.5 Å². The van der Waals surface area contributed by atoms with E-state index in [1.54, 1.807) is 24.2 Å². The Labute approximate surface area is 340 Å². The number of likely N-dealkylation sites (tertiary alicyclic amines) is 2. The van der Waals surface area contributed by atoms with Crippen LogP contribution in [0.2, 0.25) is 0 Å². The summed E-state index contributed by atoms with van der Waals surface area (Å²) < 4.78 is 4.89. The summed E-state index contributed by atoms with van der Waals surface area (Å²) in [4.78, 5) is 75.2. The Bertz CT molecular complexity index is 2470. The first kappa shape index (κ1) is 38.9. The number of fused-ring (bicyclic) bond motifs is 1. The molecule has 0 saturated carbocycles. The zero-order chi connectivity index (χ0) is 41.2. The summed E-state index contributed by atoms with van der Waals surface area (Å²) in [6.07, 6.45) is 7.08. The number of hydrogen-bond acceptors (Lipinski definition) is 7. The number of carbonyl (C=O) groups excluding carboxylic acids is 3. The third-order valence-corrected chi connectivity index (χ3v) is 11.7. The van der Waals surface area contributed by atoms with Crippen molar-refractivity contribution < 1.29 is 29.0 Å². The van der Waals surface area contributed by atoms with Gasteiger partial charge in [-0.1, -0.05) is 66.7 Å². The van der Waals surface area contributed by atoms with E-state index in [1.165, 1.54) is 14.2 Å². The fraction of sp³-hybridized carbons (Fsp3) is 0.318. The molecule has 304 valence electrons. The first-order valence-corrected chi connectivity index (χ1v) is 19.9. The normalized spacial score (nSPS) is 17.5. The van der Waals surface area contributed by atoms with E-state index in [1.807, 2.05) is 59.6 Å². The second-order valence-electron chi connectivity index (χ2n) is 15.2. The van der Waals surface area contributed by atoms with Gasteiger partial charge in [0.1, 0.15) is 23.7 Å². The van der Waals surface area contributed by atoms with Gasteiger partial charge >= 0.3 is 12.2 Å². The van der Waals surface area contributed by atoms with Crippen molar-refractivity contribution in [1.82, 2.24) is 44.9 Å². The minimum Gasteiger partial charge on any atom is -0.465 e. The molecule has 8 rings (SSSR count). The van der Waals surface area contributed by atoms with Crippen LogP contribution in [-0.2, 0) is 20.7 Å². The number of nitrogens with one attached hydrogen (secondary N) is 4. The monoisotopic (exact) mass is 797 g/mol. The van der Waals surface area contributed by atoms with E-state index in [0.717, 1.165) is 80.7 Å². The summed E-state index contributed by atoms with van der Waals surface area (Å²) in [5, 5.41) is 13.1. The maximum absolute atomic E-state index is 14.1. The molecule has 5 N–H and O–H groups in total. The number of aromatic nitrogens is 5. The smallest absolute Gasteiger partial charge is 0.407 e. The molecule has 0 bridgehead atoms. The molecule has 6 aromatic rings. The molecule has 2 aliphatic rings. The number of rotatable bonds is 11. The molecule has 0 spiro atoms. The van der Waals surface area contributed by atoms with Crippen LogP contribution in [-0.4, -0.2) is 108 Å². The quantitative estimate of drug-likeness (QED) is 0.0934. The first-order chi connectivity index (χ1) is 28.6. The van der Waals surface area contributed by atoms with Crippen molar-refractivity contribution in [2.45, 2.75) is 63.2 Å². The van der Waals surface area contributed by atoms with Gasteiger partial charge in [-0.3, -0.25) is 14.5 Å². The highest BCUT2D eigenvalue weighted by Crippen LogP contribution is 2.35. The number of benzene rings is 3. The van der Waals surface area contributed by atoms with Gasteiger partial charge in [-0.05, 0) is 66.5 Å². The molecule has 4 atom stereocenters. The number of amides is 4. The van der Waals surface area contributed by atoms with Gasteiger partial charge in [-0.25, -0.2) is 19.6 Å². The van der Waals surface area contributed by atoms with E-state index in [-0.39, 0.29) is 23.9 Å². The zero-order valence-electron chi connectivity index (χ0n) is 33.1. The lowest BCUT2D eigenvalue weighted by molar-refractivity contribution is -0.136. The van der Waals surface area contributed by atoms with Gasteiger partial charge < -0.3 is 39.9 Å². The Kier molecular flexibility index (Phi) is 10.9. The fourth-order valence-corrected chi connectivity index (χ4v) is 8.31. The third-order valence-electron chi connectivity index (χ3n) is 11.7. The topological polar surface area (TPSA) is 193 Å². The maximum Gasteiger partial charge on any atom is 0.407 e. The Morgan fingerprint density at radius 1 is 0.814 bits per heavy atom. The van der Waals surface area contributed by atoms with Crippen LogP contribution in [0.3, 0.4) is 0 Å². The fourth-order valence-electron chi connectivity index (χ4n) is 8.31. The second kappa shape index (κ2) is 16.5. The Morgan fingerprint density at radius 2 is 1.34 bits per heavy atom. The Morgan fingerprint density at radius 3 is 1.88 bits per heavy atom. The lowest BCUT2D eigenvalue weighted by atomic mass is 10.0. The van der Waals surface area contributed by atoms with E-state index < -0.39 is 24.3 Å². The van der Waals surface area contributed by atoms with Crippen molar-refractivity contribution in [1.29, 1.82) is 0 Å². The number of nitrogens with zero attached hydrogens (tertiary/aromatic N) is 5. The van der Waals surface area contributed by atoms with Crippen LogP contribution >= 0.6 is 0 Å². The standard InChI is InChI=1S/C44H47N9O6/c1-26(51(2)44(57)58)41(54)52-20-6-10-37(52)39-46-24-35(48-39)29-16-12-27(13-17-29)28-14-18-30(19-15-28)36-25-47-40(49-36)38-11-7-21-53(38)42(55)34(50-43(56)59-3)22-31-23-45-33-9-5-4-8-32(31)33/h4-5,8-9,12-19,23-26,34,37-38,45H,6-7,10-11,20-22H2,1-3H3,(H,46,48)(H,47,49)(H,50,56)(H,57,58)/t26-,34-,37-,38-/m0/s1. The molecular formula is C44H47N9O6. The van der Waals surface area contributed by atoms with E-state index in [4.69, 9.17) is 9.72 Å². The Balaban J connectivity index is 0.925. The largest absolute Gasteiger partial charge is 0.465 e. The van der Waals surface area contributed by atoms with Crippen LogP contribution in [0.25, 0.3) is 44.5 Å². The average Bonchev–Trinajstić information content (AvgIpc) is 4.12. The minimum absolute atomic E-state index is 0.186. The number of hydrogen-bond donors (Lipinski definition) is 5. The van der Waals surface area contributed by atoms with Crippen LogP contribution in [0.5, 0.6) is 0 Å². The molecule has 3 aromatic heterocycles. The summed E-state index contributed by atoms with van der Waals surface area (Å²) in [6, 6.07) is 22.1. The van der Waals surface area contributed by atoms with E-state index in [9.17, 15) is 24.3 Å². The number of carbonyl (C=O) groups is 4. The molecule has 0 radical (unpaired) electrons. The van der Waals surface area contributed by atoms with Crippen molar-refractivity contribution in [3.05, 3.63) is 109 Å². The predicted molar refractivity (Wildman–Crippen MR) is 221 cm³/mol. The number of likely N-dealkylation sites (N-methyl/N-ethyl adjacent to an activating group) is 1. The van der Waals surface area contributed by atoms with Crippen molar-refractivity contribution in [2.24, 2.45) is 0 Å². The predicted octanol–water partition coefficient (Wildman–Crippen LogP) is 6.91. The zero-order valence-corrected chi connectivity index (χ0v) is 33.1. The Hall–Kier alpha value is -6.90. The molecule has 2 aliphatic heterocycles. The molecule has 4 amide bonds. The van der Waals surface area contributed by atoms with Crippen LogP contribution in [0.1, 0.15) is 61.9 Å². The number of alkyl carbamates (subject to hydrolysis) is 1. The van der Waals surface area contributed by atoms with Crippen LogP contribution in [0.4, 0.5) is 9.59 Å². The van der Waals surface area contributed by atoms with Crippen LogP contribution < -0.4 is 5.32 Å². The number of ether oxygens (including phenoxy) is 1. The summed E-state index contributed by atoms with van der Waals surface area (Å²) in [5.74, 6) is 0.966. The number of para-hydroxylation sites is 1. The number of imidazole rings is 2. The highest BCUT2D eigenvalue weighted by Gasteiger charge is 2.38.